The number of aromatic nitrogens is 1. The monoisotopic (exact) mass is 145 g/mol. The Kier molecular flexibility index (Phi) is 1.48. The summed E-state index contributed by atoms with van der Waals surface area (Å²) in [5.74, 6) is 0. The van der Waals surface area contributed by atoms with Crippen LogP contribution < -0.4 is 0 Å². The molecule has 0 N–H and O–H groups in total. The van der Waals surface area contributed by atoms with Crippen LogP contribution in [0.15, 0.2) is 28.3 Å². The van der Waals surface area contributed by atoms with Gasteiger partial charge >= 0.3 is 0 Å². The summed E-state index contributed by atoms with van der Waals surface area (Å²) in [6, 6.07) is 3.80. The van der Waals surface area contributed by atoms with E-state index in [-0.39, 0.29) is 0 Å². The Balaban J connectivity index is 2.58. The third-order valence-electron chi connectivity index (χ3n) is 1.45. The molecular formula is C8H7N3. The van der Waals surface area contributed by atoms with E-state index >= 15 is 0 Å². The highest BCUT2D eigenvalue weighted by atomic mass is 14.9. The van der Waals surface area contributed by atoms with Crippen molar-refractivity contribution in [2.75, 3.05) is 6.54 Å². The number of fused-ring (bicyclic) bond motifs is 1. The van der Waals surface area contributed by atoms with Gasteiger partial charge in [0, 0.05) is 18.6 Å². The average Bonchev–Trinajstić information content (AvgIpc) is 2.28. The van der Waals surface area contributed by atoms with Gasteiger partial charge in [-0.1, -0.05) is 0 Å². The van der Waals surface area contributed by atoms with E-state index in [0.717, 1.165) is 11.4 Å². The maximum Gasteiger partial charge on any atom is 0.106 e. The molecular weight excluding hydrogens is 138 g/mol. The minimum absolute atomic E-state index is 0.649. The van der Waals surface area contributed by atoms with Crippen LogP contribution in [0.5, 0.6) is 0 Å². The molecule has 0 bridgehead atoms. The third kappa shape index (κ3) is 1.17. The normalized spacial score (nSPS) is 14.2. The lowest BCUT2D eigenvalue weighted by atomic mass is 10.3. The largest absolute Gasteiger partial charge is 0.285 e. The molecule has 3 heteroatoms. The zero-order chi connectivity index (χ0) is 7.52. The van der Waals surface area contributed by atoms with Crippen LogP contribution in [0.4, 0.5) is 5.69 Å². The summed E-state index contributed by atoms with van der Waals surface area (Å²) < 4.78 is 0. The van der Waals surface area contributed by atoms with E-state index in [9.17, 15) is 0 Å². The quantitative estimate of drug-likeness (QED) is 0.540. The molecule has 0 radical (unpaired) electrons. The fourth-order valence-corrected chi connectivity index (χ4v) is 0.943. The van der Waals surface area contributed by atoms with Crippen LogP contribution >= 0.6 is 0 Å². The van der Waals surface area contributed by atoms with E-state index in [0.29, 0.717) is 6.54 Å². The standard InChI is InChI=1S/C8H7N3/c1-2-7-8(10-3-1)6-9-4-5-11-7/h1-3,5-6H,4H2. The summed E-state index contributed by atoms with van der Waals surface area (Å²) in [6.45, 7) is 0.649. The first-order valence-electron chi connectivity index (χ1n) is 3.44. The summed E-state index contributed by atoms with van der Waals surface area (Å²) in [5, 5.41) is 0. The Morgan fingerprint density at radius 1 is 1.36 bits per heavy atom. The van der Waals surface area contributed by atoms with Crippen LogP contribution in [0.25, 0.3) is 0 Å². The number of hydrogen-bond acceptors (Lipinski definition) is 3. The molecule has 1 aromatic heterocycles. The van der Waals surface area contributed by atoms with Crippen molar-refractivity contribution in [1.29, 1.82) is 0 Å². The summed E-state index contributed by atoms with van der Waals surface area (Å²) in [5.41, 5.74) is 1.75. The maximum atomic E-state index is 4.17. The Morgan fingerprint density at radius 3 is 3.36 bits per heavy atom. The molecule has 0 atom stereocenters. The molecule has 0 saturated carbocycles. The van der Waals surface area contributed by atoms with Gasteiger partial charge in [0.05, 0.1) is 12.2 Å². The Hall–Kier alpha value is -1.51. The van der Waals surface area contributed by atoms with Gasteiger partial charge in [-0.15, -0.1) is 0 Å². The molecule has 0 saturated heterocycles. The van der Waals surface area contributed by atoms with Gasteiger partial charge < -0.3 is 0 Å². The second-order valence-electron chi connectivity index (χ2n) is 2.21. The van der Waals surface area contributed by atoms with E-state index < -0.39 is 0 Å². The van der Waals surface area contributed by atoms with E-state index in [1.54, 1.807) is 18.6 Å². The number of hydrogen-bond donors (Lipinski definition) is 0. The first-order chi connectivity index (χ1) is 5.47. The van der Waals surface area contributed by atoms with Gasteiger partial charge in [-0.05, 0) is 12.1 Å². The van der Waals surface area contributed by atoms with Crippen molar-refractivity contribution in [2.45, 2.75) is 0 Å². The van der Waals surface area contributed by atoms with Crippen LogP contribution in [0.2, 0.25) is 0 Å². The lowest BCUT2D eigenvalue weighted by Crippen LogP contribution is -1.84. The average molecular weight is 145 g/mol. The van der Waals surface area contributed by atoms with Crippen molar-refractivity contribution >= 4 is 18.1 Å². The molecule has 54 valence electrons. The molecule has 3 nitrogen and oxygen atoms in total. The summed E-state index contributed by atoms with van der Waals surface area (Å²) in [7, 11) is 0. The van der Waals surface area contributed by atoms with E-state index in [4.69, 9.17) is 0 Å². The smallest absolute Gasteiger partial charge is 0.106 e. The van der Waals surface area contributed by atoms with Gasteiger partial charge in [0.2, 0.25) is 0 Å². The number of pyridine rings is 1. The van der Waals surface area contributed by atoms with Crippen molar-refractivity contribution in [3.05, 3.63) is 24.0 Å². The molecule has 0 spiro atoms. The maximum absolute atomic E-state index is 4.17. The Labute approximate surface area is 64.5 Å². The summed E-state index contributed by atoms with van der Waals surface area (Å²) >= 11 is 0. The Bertz CT molecular complexity index is 284. The fourth-order valence-electron chi connectivity index (χ4n) is 0.943. The minimum atomic E-state index is 0.649. The molecule has 0 unspecified atom stereocenters. The zero-order valence-corrected chi connectivity index (χ0v) is 5.94. The molecule has 0 fully saturated rings. The van der Waals surface area contributed by atoms with E-state index in [2.05, 4.69) is 15.0 Å². The number of aliphatic imine (C=N–C) groups is 2. The second-order valence-corrected chi connectivity index (χ2v) is 2.21. The molecule has 2 heterocycles. The lowest BCUT2D eigenvalue weighted by molar-refractivity contribution is 1.28. The zero-order valence-electron chi connectivity index (χ0n) is 5.94. The first kappa shape index (κ1) is 6.22. The van der Waals surface area contributed by atoms with Gasteiger partial charge in [0.15, 0.2) is 0 Å². The first-order valence-corrected chi connectivity index (χ1v) is 3.44. The van der Waals surface area contributed by atoms with Crippen molar-refractivity contribution < 1.29 is 0 Å². The van der Waals surface area contributed by atoms with Gasteiger partial charge in [-0.2, -0.15) is 0 Å². The molecule has 11 heavy (non-hydrogen) atoms. The lowest BCUT2D eigenvalue weighted by Gasteiger charge is -1.93. The highest BCUT2D eigenvalue weighted by molar-refractivity contribution is 5.88. The number of rotatable bonds is 0. The van der Waals surface area contributed by atoms with Crippen molar-refractivity contribution in [2.24, 2.45) is 9.98 Å². The molecule has 0 amide bonds. The minimum Gasteiger partial charge on any atom is -0.285 e. The van der Waals surface area contributed by atoms with Gasteiger partial charge in [-0.3, -0.25) is 15.0 Å². The molecule has 0 aromatic carbocycles. The van der Waals surface area contributed by atoms with E-state index in [1.165, 1.54) is 0 Å². The van der Waals surface area contributed by atoms with Crippen LogP contribution in [-0.2, 0) is 0 Å². The molecule has 2 rings (SSSR count). The van der Waals surface area contributed by atoms with Gasteiger partial charge in [0.1, 0.15) is 5.69 Å². The third-order valence-corrected chi connectivity index (χ3v) is 1.45. The Morgan fingerprint density at radius 2 is 2.36 bits per heavy atom. The summed E-state index contributed by atoms with van der Waals surface area (Å²) in [6.07, 6.45) is 5.28. The SMILES string of the molecule is C1=NCC=Nc2cccnc21. The van der Waals surface area contributed by atoms with Crippen LogP contribution in [0.3, 0.4) is 0 Å². The van der Waals surface area contributed by atoms with Crippen LogP contribution in [0.1, 0.15) is 5.69 Å². The highest BCUT2D eigenvalue weighted by Gasteiger charge is 1.98. The highest BCUT2D eigenvalue weighted by Crippen LogP contribution is 2.14. The summed E-state index contributed by atoms with van der Waals surface area (Å²) in [4.78, 5) is 12.4. The van der Waals surface area contributed by atoms with Crippen LogP contribution in [-0.4, -0.2) is 24.0 Å². The van der Waals surface area contributed by atoms with Crippen molar-refractivity contribution in [1.82, 2.24) is 4.98 Å². The molecule has 1 aliphatic heterocycles. The molecule has 1 aliphatic rings. The van der Waals surface area contributed by atoms with E-state index in [1.807, 2.05) is 12.1 Å². The second kappa shape index (κ2) is 2.62. The van der Waals surface area contributed by atoms with Gasteiger partial charge in [-0.25, -0.2) is 0 Å². The number of nitrogens with zero attached hydrogens (tertiary/aromatic N) is 3. The van der Waals surface area contributed by atoms with Gasteiger partial charge in [0.25, 0.3) is 0 Å². The molecule has 0 aliphatic carbocycles. The topological polar surface area (TPSA) is 37.6 Å². The predicted molar refractivity (Wildman–Crippen MR) is 44.9 cm³/mol. The molecule has 1 aromatic rings. The van der Waals surface area contributed by atoms with Crippen molar-refractivity contribution in [3.8, 4) is 0 Å². The fraction of sp³-hybridized carbons (Fsp3) is 0.125. The van der Waals surface area contributed by atoms with Crippen LogP contribution in [0, 0.1) is 0 Å². The van der Waals surface area contributed by atoms with Crippen molar-refractivity contribution in [3.63, 3.8) is 0 Å². The predicted octanol–water partition coefficient (Wildman–Crippen LogP) is 1.22.